The number of benzene rings is 1. The molecular formula is C21H25N5O3. The van der Waals surface area contributed by atoms with Crippen molar-refractivity contribution in [2.45, 2.75) is 13.2 Å². The largest absolute Gasteiger partial charge is 0.497 e. The molecule has 3 rings (SSSR count). The molecule has 0 saturated heterocycles. The fraction of sp³-hybridized carbons (Fsp3) is 0.286. The van der Waals surface area contributed by atoms with E-state index in [9.17, 15) is 4.79 Å². The molecule has 2 heterocycles. The number of nitrogens with zero attached hydrogens (tertiary/aromatic N) is 3. The average molecular weight is 395 g/mol. The molecule has 0 fully saturated rings. The molecule has 0 saturated carbocycles. The first kappa shape index (κ1) is 20.5. The molecule has 0 radical (unpaired) electrons. The van der Waals surface area contributed by atoms with Gasteiger partial charge in [0.05, 0.1) is 26.0 Å². The average Bonchev–Trinajstić information content (AvgIpc) is 3.11. The van der Waals surface area contributed by atoms with Crippen LogP contribution in [0.3, 0.4) is 0 Å². The van der Waals surface area contributed by atoms with Crippen molar-refractivity contribution in [3.05, 3.63) is 60.0 Å². The summed E-state index contributed by atoms with van der Waals surface area (Å²) in [4.78, 5) is 18.5. The van der Waals surface area contributed by atoms with Crippen molar-refractivity contribution in [3.63, 3.8) is 0 Å². The van der Waals surface area contributed by atoms with E-state index in [0.29, 0.717) is 19.0 Å². The molecule has 0 aliphatic carbocycles. The number of aromatic nitrogens is 3. The number of amides is 1. The van der Waals surface area contributed by atoms with Crippen LogP contribution in [0.1, 0.15) is 11.3 Å². The number of pyridine rings is 1. The number of likely N-dealkylation sites (N-methyl/N-ethyl adjacent to an activating group) is 1. The summed E-state index contributed by atoms with van der Waals surface area (Å²) in [5, 5.41) is 10.2. The van der Waals surface area contributed by atoms with E-state index >= 15 is 0 Å². The van der Waals surface area contributed by atoms with E-state index in [1.165, 1.54) is 0 Å². The van der Waals surface area contributed by atoms with Crippen molar-refractivity contribution in [2.24, 2.45) is 0 Å². The van der Waals surface area contributed by atoms with Crippen LogP contribution in [0.25, 0.3) is 11.1 Å². The van der Waals surface area contributed by atoms with Gasteiger partial charge in [-0.2, -0.15) is 5.10 Å². The third-order valence-electron chi connectivity index (χ3n) is 4.38. The number of carbonyl (C=O) groups excluding carboxylic acids is 1. The number of nitrogens with one attached hydrogen (secondary N) is 2. The van der Waals surface area contributed by atoms with E-state index in [4.69, 9.17) is 9.47 Å². The first-order valence-corrected chi connectivity index (χ1v) is 9.18. The van der Waals surface area contributed by atoms with E-state index in [1.54, 1.807) is 26.6 Å². The SMILES string of the molecule is COCc1[nH]nc(NC(=O)CN(C)Cc2ccncc2)c1-c1ccc(OC)cc1. The molecule has 0 aliphatic rings. The van der Waals surface area contributed by atoms with Gasteiger partial charge in [-0.15, -0.1) is 0 Å². The van der Waals surface area contributed by atoms with Crippen LogP contribution in [-0.2, 0) is 22.7 Å². The number of anilines is 1. The molecule has 3 aromatic rings. The normalized spacial score (nSPS) is 10.9. The summed E-state index contributed by atoms with van der Waals surface area (Å²) < 4.78 is 10.5. The zero-order chi connectivity index (χ0) is 20.6. The van der Waals surface area contributed by atoms with Gasteiger partial charge in [-0.05, 0) is 42.4 Å². The highest BCUT2D eigenvalue weighted by Gasteiger charge is 2.18. The summed E-state index contributed by atoms with van der Waals surface area (Å²) >= 11 is 0. The Morgan fingerprint density at radius 3 is 2.52 bits per heavy atom. The van der Waals surface area contributed by atoms with Gasteiger partial charge in [0, 0.05) is 31.6 Å². The van der Waals surface area contributed by atoms with Crippen molar-refractivity contribution < 1.29 is 14.3 Å². The van der Waals surface area contributed by atoms with Crippen LogP contribution in [0.5, 0.6) is 5.75 Å². The standard InChI is InChI=1S/C21H25N5O3/c1-26(12-15-8-10-22-11-9-15)13-19(27)23-21-20(18(14-28-2)24-25-21)16-4-6-17(29-3)7-5-16/h4-11H,12-14H2,1-3H3,(H2,23,24,25,27). The van der Waals surface area contributed by atoms with E-state index in [1.807, 2.05) is 48.3 Å². The summed E-state index contributed by atoms with van der Waals surface area (Å²) in [5.74, 6) is 1.09. The fourth-order valence-corrected chi connectivity index (χ4v) is 3.06. The number of carbonyl (C=O) groups is 1. The molecule has 0 unspecified atom stereocenters. The van der Waals surface area contributed by atoms with Gasteiger partial charge in [0.2, 0.25) is 5.91 Å². The third kappa shape index (κ3) is 5.40. The minimum Gasteiger partial charge on any atom is -0.497 e. The maximum absolute atomic E-state index is 12.6. The molecule has 2 aromatic heterocycles. The Kier molecular flexibility index (Phi) is 6.94. The van der Waals surface area contributed by atoms with Crippen molar-refractivity contribution >= 4 is 11.7 Å². The van der Waals surface area contributed by atoms with Gasteiger partial charge in [-0.1, -0.05) is 12.1 Å². The Labute approximate surface area is 169 Å². The third-order valence-corrected chi connectivity index (χ3v) is 4.38. The summed E-state index contributed by atoms with van der Waals surface area (Å²) in [5.41, 5.74) is 3.60. The Morgan fingerprint density at radius 1 is 1.14 bits per heavy atom. The van der Waals surface area contributed by atoms with Crippen LogP contribution < -0.4 is 10.1 Å². The number of aromatic amines is 1. The molecule has 0 aliphatic heterocycles. The number of ether oxygens (including phenoxy) is 2. The van der Waals surface area contributed by atoms with Gasteiger partial charge in [-0.3, -0.25) is 19.8 Å². The van der Waals surface area contributed by atoms with Gasteiger partial charge < -0.3 is 14.8 Å². The lowest BCUT2D eigenvalue weighted by atomic mass is 10.1. The Hall–Kier alpha value is -3.23. The molecule has 29 heavy (non-hydrogen) atoms. The van der Waals surface area contributed by atoms with Gasteiger partial charge in [0.15, 0.2) is 5.82 Å². The van der Waals surface area contributed by atoms with Gasteiger partial charge in [0.25, 0.3) is 0 Å². The zero-order valence-electron chi connectivity index (χ0n) is 16.8. The van der Waals surface area contributed by atoms with Gasteiger partial charge in [-0.25, -0.2) is 0 Å². The smallest absolute Gasteiger partial charge is 0.239 e. The molecule has 152 valence electrons. The highest BCUT2D eigenvalue weighted by Crippen LogP contribution is 2.31. The molecule has 0 bridgehead atoms. The molecule has 0 atom stereocenters. The van der Waals surface area contributed by atoms with Gasteiger partial charge >= 0.3 is 0 Å². The quantitative estimate of drug-likeness (QED) is 0.579. The maximum Gasteiger partial charge on any atom is 0.239 e. The van der Waals surface area contributed by atoms with E-state index < -0.39 is 0 Å². The number of rotatable bonds is 9. The van der Waals surface area contributed by atoms with E-state index in [-0.39, 0.29) is 12.5 Å². The maximum atomic E-state index is 12.6. The van der Waals surface area contributed by atoms with Crippen LogP contribution in [0.2, 0.25) is 0 Å². The Balaban J connectivity index is 1.73. The predicted octanol–water partition coefficient (Wildman–Crippen LogP) is 2.70. The first-order chi connectivity index (χ1) is 14.1. The number of hydrogen-bond acceptors (Lipinski definition) is 6. The Bertz CT molecular complexity index is 925. The fourth-order valence-electron chi connectivity index (χ4n) is 3.06. The number of H-pyrrole nitrogens is 1. The monoisotopic (exact) mass is 395 g/mol. The van der Waals surface area contributed by atoms with E-state index in [0.717, 1.165) is 28.1 Å². The second-order valence-corrected chi connectivity index (χ2v) is 6.66. The lowest BCUT2D eigenvalue weighted by Gasteiger charge is -2.16. The number of methoxy groups -OCH3 is 2. The summed E-state index contributed by atoms with van der Waals surface area (Å²) in [6, 6.07) is 11.4. The molecule has 1 amide bonds. The summed E-state index contributed by atoms with van der Waals surface area (Å²) in [7, 11) is 5.13. The molecule has 2 N–H and O–H groups in total. The molecule has 1 aromatic carbocycles. The van der Waals surface area contributed by atoms with Crippen molar-refractivity contribution in [3.8, 4) is 16.9 Å². The minimum absolute atomic E-state index is 0.146. The first-order valence-electron chi connectivity index (χ1n) is 9.18. The number of hydrogen-bond donors (Lipinski definition) is 2. The highest BCUT2D eigenvalue weighted by atomic mass is 16.5. The topological polar surface area (TPSA) is 92.4 Å². The van der Waals surface area contributed by atoms with Crippen molar-refractivity contribution in [1.29, 1.82) is 0 Å². The van der Waals surface area contributed by atoms with E-state index in [2.05, 4.69) is 20.5 Å². The molecule has 8 heteroatoms. The second-order valence-electron chi connectivity index (χ2n) is 6.66. The van der Waals surface area contributed by atoms with Gasteiger partial charge in [0.1, 0.15) is 5.75 Å². The van der Waals surface area contributed by atoms with Crippen LogP contribution in [0.15, 0.2) is 48.8 Å². The summed E-state index contributed by atoms with van der Waals surface area (Å²) in [6.45, 7) is 1.24. The van der Waals surface area contributed by atoms with Crippen LogP contribution in [0.4, 0.5) is 5.82 Å². The second kappa shape index (κ2) is 9.81. The predicted molar refractivity (Wildman–Crippen MR) is 110 cm³/mol. The molecular weight excluding hydrogens is 370 g/mol. The zero-order valence-corrected chi connectivity index (χ0v) is 16.8. The van der Waals surface area contributed by atoms with Crippen molar-refractivity contribution in [2.75, 3.05) is 33.1 Å². The highest BCUT2D eigenvalue weighted by molar-refractivity contribution is 5.95. The summed E-state index contributed by atoms with van der Waals surface area (Å²) in [6.07, 6.45) is 3.48. The molecule has 8 nitrogen and oxygen atoms in total. The Morgan fingerprint density at radius 2 is 1.86 bits per heavy atom. The minimum atomic E-state index is -0.146. The lowest BCUT2D eigenvalue weighted by Crippen LogP contribution is -2.30. The van der Waals surface area contributed by atoms with Crippen LogP contribution in [-0.4, -0.2) is 53.8 Å². The lowest BCUT2D eigenvalue weighted by molar-refractivity contribution is -0.117. The van der Waals surface area contributed by atoms with Crippen LogP contribution >= 0.6 is 0 Å². The van der Waals surface area contributed by atoms with Crippen LogP contribution in [0, 0.1) is 0 Å². The van der Waals surface area contributed by atoms with Crippen molar-refractivity contribution in [1.82, 2.24) is 20.1 Å². The molecule has 0 spiro atoms.